The molecule has 0 saturated heterocycles. The molecular formula is C26H27F3N6O7S. The molecule has 0 aliphatic heterocycles. The first-order chi connectivity index (χ1) is 20.0. The van der Waals surface area contributed by atoms with Gasteiger partial charge in [-0.25, -0.2) is 22.9 Å². The Bertz CT molecular complexity index is 1750. The second-order valence-electron chi connectivity index (χ2n) is 8.95. The van der Waals surface area contributed by atoms with Gasteiger partial charge >= 0.3 is 12.1 Å². The number of carboxylic acid groups (broad SMARTS) is 1. The van der Waals surface area contributed by atoms with Crippen LogP contribution in [-0.4, -0.2) is 66.3 Å². The minimum Gasteiger partial charge on any atom is -0.497 e. The van der Waals surface area contributed by atoms with Crippen molar-refractivity contribution in [3.05, 3.63) is 82.3 Å². The summed E-state index contributed by atoms with van der Waals surface area (Å²) in [6.45, 7) is 3.37. The number of hydrogen-bond donors (Lipinski definition) is 3. The molecule has 3 aromatic rings. The van der Waals surface area contributed by atoms with E-state index in [4.69, 9.17) is 15.2 Å². The average Bonchev–Trinajstić information content (AvgIpc) is 3.43. The Morgan fingerprint density at radius 3 is 2.35 bits per heavy atom. The number of ether oxygens (including phenoxy) is 2. The molecule has 4 N–H and O–H groups in total. The Kier molecular flexibility index (Phi) is 9.70. The van der Waals surface area contributed by atoms with E-state index in [1.807, 2.05) is 0 Å². The lowest BCUT2D eigenvalue weighted by Gasteiger charge is -2.14. The van der Waals surface area contributed by atoms with E-state index in [-0.39, 0.29) is 17.0 Å². The number of anilines is 1. The summed E-state index contributed by atoms with van der Waals surface area (Å²) in [7, 11) is -0.666. The third kappa shape index (κ3) is 8.48. The van der Waals surface area contributed by atoms with E-state index < -0.39 is 56.9 Å². The fourth-order valence-corrected chi connectivity index (χ4v) is 4.14. The Morgan fingerprint density at radius 1 is 1.21 bits per heavy atom. The van der Waals surface area contributed by atoms with Gasteiger partial charge < -0.3 is 30.2 Å². The van der Waals surface area contributed by atoms with Crippen molar-refractivity contribution in [2.45, 2.75) is 12.7 Å². The number of aromatic carboxylic acids is 1. The van der Waals surface area contributed by atoms with Crippen molar-refractivity contribution >= 4 is 39.1 Å². The second-order valence-corrected chi connectivity index (χ2v) is 11.2. The first kappa shape index (κ1) is 32.5. The highest BCUT2D eigenvalue weighted by Crippen LogP contribution is 2.29. The molecule has 2 aromatic heterocycles. The number of halogens is 3. The fourth-order valence-electron chi connectivity index (χ4n) is 3.61. The topological polar surface area (TPSA) is 180 Å². The van der Waals surface area contributed by atoms with E-state index in [0.717, 1.165) is 35.5 Å². The van der Waals surface area contributed by atoms with E-state index in [1.165, 1.54) is 14.2 Å². The van der Waals surface area contributed by atoms with Crippen LogP contribution < -0.4 is 26.1 Å². The number of allylic oxidation sites excluding steroid dienone is 1. The summed E-state index contributed by atoms with van der Waals surface area (Å²) in [5, 5.41) is 16.0. The first-order valence-electron chi connectivity index (χ1n) is 12.0. The van der Waals surface area contributed by atoms with Crippen LogP contribution in [0.3, 0.4) is 0 Å². The number of aromatic nitrogens is 3. The van der Waals surface area contributed by atoms with Gasteiger partial charge in [-0.05, 0) is 12.1 Å². The number of aliphatic imine (C=N–C) groups is 1. The summed E-state index contributed by atoms with van der Waals surface area (Å²) in [6, 6.07) is 6.44. The molecule has 43 heavy (non-hydrogen) atoms. The normalized spacial score (nSPS) is 12.6. The molecule has 3 rings (SSSR count). The molecule has 0 aliphatic carbocycles. The number of methoxy groups -OCH3 is 2. The quantitative estimate of drug-likeness (QED) is 0.254. The molecule has 2 heterocycles. The molecule has 13 nitrogen and oxygen atoms in total. The highest BCUT2D eigenvalue weighted by atomic mass is 32.2. The summed E-state index contributed by atoms with van der Waals surface area (Å²) < 4.78 is 75.1. The van der Waals surface area contributed by atoms with Gasteiger partial charge in [-0.3, -0.25) is 4.79 Å². The number of sulfone groups is 1. The van der Waals surface area contributed by atoms with Crippen molar-refractivity contribution in [1.29, 1.82) is 0 Å². The van der Waals surface area contributed by atoms with Gasteiger partial charge in [0.15, 0.2) is 5.69 Å². The lowest BCUT2D eigenvalue weighted by molar-refractivity contribution is -0.141. The molecule has 0 amide bonds. The van der Waals surface area contributed by atoms with Gasteiger partial charge in [0.2, 0.25) is 0 Å². The zero-order valence-corrected chi connectivity index (χ0v) is 23.9. The van der Waals surface area contributed by atoms with Crippen LogP contribution in [0.1, 0.15) is 21.6 Å². The summed E-state index contributed by atoms with van der Waals surface area (Å²) in [5.74, 6) is -1.68. The molecule has 0 radical (unpaired) electrons. The summed E-state index contributed by atoms with van der Waals surface area (Å²) >= 11 is 0. The predicted octanol–water partition coefficient (Wildman–Crippen LogP) is 2.76. The third-order valence-electron chi connectivity index (χ3n) is 5.72. The smallest absolute Gasteiger partial charge is 0.435 e. The van der Waals surface area contributed by atoms with Crippen molar-refractivity contribution < 1.29 is 41.0 Å². The van der Waals surface area contributed by atoms with Crippen molar-refractivity contribution in [1.82, 2.24) is 14.3 Å². The Morgan fingerprint density at radius 2 is 1.84 bits per heavy atom. The van der Waals surface area contributed by atoms with Gasteiger partial charge in [-0.2, -0.15) is 18.3 Å². The molecule has 0 spiro atoms. The van der Waals surface area contributed by atoms with Gasteiger partial charge in [0.05, 0.1) is 20.0 Å². The SMILES string of the molecule is C=C(N=C/C(=C(\N)n1ccc(C(F)(F)F)n1)c1cc(C(=O)O)c(=O)n(CCS(C)(=O)=O)c1)Nc1cc(OC)cc(OC)c1. The molecule has 0 aliphatic rings. The Hall–Kier alpha value is -5.06. The number of carboxylic acids is 1. The molecule has 0 fully saturated rings. The van der Waals surface area contributed by atoms with Gasteiger partial charge in [-0.1, -0.05) is 6.58 Å². The number of nitrogens with one attached hydrogen (secondary N) is 1. The zero-order chi connectivity index (χ0) is 32.1. The summed E-state index contributed by atoms with van der Waals surface area (Å²) in [5.41, 5.74) is 3.38. The zero-order valence-electron chi connectivity index (χ0n) is 23.0. The first-order valence-corrected chi connectivity index (χ1v) is 14.1. The van der Waals surface area contributed by atoms with E-state index in [0.29, 0.717) is 27.9 Å². The molecule has 0 atom stereocenters. The van der Waals surface area contributed by atoms with Crippen LogP contribution in [0.15, 0.2) is 64.9 Å². The number of aryl methyl sites for hydroxylation is 1. The van der Waals surface area contributed by atoms with Crippen LogP contribution in [0.5, 0.6) is 11.5 Å². The van der Waals surface area contributed by atoms with E-state index in [1.54, 1.807) is 18.2 Å². The van der Waals surface area contributed by atoms with Crippen molar-refractivity contribution in [3.63, 3.8) is 0 Å². The molecule has 1 aromatic carbocycles. The van der Waals surface area contributed by atoms with Gasteiger partial charge in [-0.15, -0.1) is 0 Å². The number of carbonyl (C=O) groups is 1. The van der Waals surface area contributed by atoms with E-state index in [9.17, 15) is 36.3 Å². The number of rotatable bonds is 12. The molecule has 0 saturated carbocycles. The second kappa shape index (κ2) is 12.8. The van der Waals surface area contributed by atoms with Crippen molar-refractivity contribution in [2.75, 3.05) is 31.5 Å². The lowest BCUT2D eigenvalue weighted by Crippen LogP contribution is -2.29. The standard InChI is InChI=1S/C26H27F3N6O7S/c1-15(32-17-10-18(41-2)12-19(11-17)42-3)31-13-21(23(30)35-6-5-22(33-35)26(27,28)29)16-9-20(25(37)38)24(36)34(14-16)7-8-43(4,39)40/h5-6,9-14,32H,1,7-8,30H2,2-4H3,(H,37,38)/b23-21-,31-13?. The van der Waals surface area contributed by atoms with Crippen LogP contribution >= 0.6 is 0 Å². The fraction of sp³-hybridized carbons (Fsp3) is 0.231. The van der Waals surface area contributed by atoms with Crippen LogP contribution in [0.2, 0.25) is 0 Å². The molecule has 0 unspecified atom stereocenters. The van der Waals surface area contributed by atoms with E-state index in [2.05, 4.69) is 22.0 Å². The van der Waals surface area contributed by atoms with Crippen LogP contribution in [0.4, 0.5) is 18.9 Å². The van der Waals surface area contributed by atoms with Crippen LogP contribution in [-0.2, 0) is 22.6 Å². The highest BCUT2D eigenvalue weighted by Gasteiger charge is 2.34. The van der Waals surface area contributed by atoms with Gasteiger partial charge in [0.1, 0.15) is 38.5 Å². The van der Waals surface area contributed by atoms with E-state index >= 15 is 0 Å². The van der Waals surface area contributed by atoms with Crippen molar-refractivity contribution in [3.8, 4) is 11.5 Å². The maximum absolute atomic E-state index is 13.2. The van der Waals surface area contributed by atoms with Crippen LogP contribution in [0, 0.1) is 0 Å². The highest BCUT2D eigenvalue weighted by molar-refractivity contribution is 7.90. The molecular weight excluding hydrogens is 597 g/mol. The Balaban J connectivity index is 2.16. The van der Waals surface area contributed by atoms with Gasteiger partial charge in [0, 0.05) is 66.4 Å². The minimum absolute atomic E-state index is 0.000841. The number of nitrogens with two attached hydrogens (primary N) is 1. The molecule has 230 valence electrons. The largest absolute Gasteiger partial charge is 0.497 e. The maximum atomic E-state index is 13.2. The summed E-state index contributed by atoms with van der Waals surface area (Å²) in [4.78, 5) is 28.8. The van der Waals surface area contributed by atoms with Crippen LogP contribution in [0.25, 0.3) is 11.4 Å². The average molecular weight is 625 g/mol. The maximum Gasteiger partial charge on any atom is 0.435 e. The lowest BCUT2D eigenvalue weighted by atomic mass is 10.1. The third-order valence-corrected chi connectivity index (χ3v) is 6.65. The number of nitrogens with zero attached hydrogens (tertiary/aromatic N) is 4. The number of benzene rings is 1. The van der Waals surface area contributed by atoms with Gasteiger partial charge in [0.25, 0.3) is 5.56 Å². The Labute approximate surface area is 243 Å². The number of pyridine rings is 1. The number of hydrogen-bond acceptors (Lipinski definition) is 10. The molecule has 17 heteroatoms. The number of alkyl halides is 3. The predicted molar refractivity (Wildman–Crippen MR) is 153 cm³/mol. The van der Waals surface area contributed by atoms with Crippen molar-refractivity contribution in [2.24, 2.45) is 10.7 Å². The monoisotopic (exact) mass is 624 g/mol. The summed E-state index contributed by atoms with van der Waals surface area (Å²) in [6.07, 6.45) is -0.734. The molecule has 0 bridgehead atoms. The minimum atomic E-state index is -4.79.